The smallest absolute Gasteiger partial charge is 0.141 e. The van der Waals surface area contributed by atoms with Crippen LogP contribution in [-0.2, 0) is 6.42 Å². The maximum atomic E-state index is 13.0. The predicted octanol–water partition coefficient (Wildman–Crippen LogP) is 2.43. The second kappa shape index (κ2) is 5.29. The first kappa shape index (κ1) is 12.1. The largest absolute Gasteiger partial charge is 0.319 e. The van der Waals surface area contributed by atoms with Crippen LogP contribution in [0.15, 0.2) is 30.6 Å². The Balaban J connectivity index is 2.21. The topological polar surface area (TPSA) is 29.9 Å². The highest BCUT2D eigenvalue weighted by molar-refractivity contribution is 6.30. The Kier molecular flexibility index (Phi) is 3.76. The Morgan fingerprint density at radius 1 is 1.47 bits per heavy atom. The summed E-state index contributed by atoms with van der Waals surface area (Å²) in [7, 11) is 1.91. The number of aromatic nitrogens is 2. The van der Waals surface area contributed by atoms with E-state index in [1.54, 1.807) is 23.0 Å². The van der Waals surface area contributed by atoms with Gasteiger partial charge in [-0.25, -0.2) is 9.07 Å². The van der Waals surface area contributed by atoms with Gasteiger partial charge in [0, 0.05) is 6.20 Å². The molecule has 0 unspecified atom stereocenters. The van der Waals surface area contributed by atoms with Crippen molar-refractivity contribution in [2.24, 2.45) is 0 Å². The fraction of sp³-hybridized carbons (Fsp3) is 0.250. The lowest BCUT2D eigenvalue weighted by atomic mass is 10.2. The van der Waals surface area contributed by atoms with Crippen LogP contribution in [0.5, 0.6) is 0 Å². The lowest BCUT2D eigenvalue weighted by Gasteiger charge is -2.02. The van der Waals surface area contributed by atoms with Crippen molar-refractivity contribution in [3.63, 3.8) is 0 Å². The van der Waals surface area contributed by atoms with E-state index in [2.05, 4.69) is 10.4 Å². The summed E-state index contributed by atoms with van der Waals surface area (Å²) in [5.74, 6) is -0.419. The van der Waals surface area contributed by atoms with Crippen LogP contribution in [0.3, 0.4) is 0 Å². The maximum absolute atomic E-state index is 13.0. The number of hydrogen-bond donors (Lipinski definition) is 1. The highest BCUT2D eigenvalue weighted by atomic mass is 35.5. The van der Waals surface area contributed by atoms with Crippen molar-refractivity contribution >= 4 is 11.6 Å². The van der Waals surface area contributed by atoms with Crippen LogP contribution in [0.25, 0.3) is 5.69 Å². The first-order chi connectivity index (χ1) is 8.20. The van der Waals surface area contributed by atoms with Gasteiger partial charge in [0.25, 0.3) is 0 Å². The Bertz CT molecular complexity index is 510. The van der Waals surface area contributed by atoms with E-state index in [9.17, 15) is 4.39 Å². The first-order valence-electron chi connectivity index (χ1n) is 5.34. The van der Waals surface area contributed by atoms with Gasteiger partial charge < -0.3 is 5.32 Å². The van der Waals surface area contributed by atoms with Crippen molar-refractivity contribution in [2.75, 3.05) is 13.6 Å². The quantitative estimate of drug-likeness (QED) is 0.907. The van der Waals surface area contributed by atoms with Crippen molar-refractivity contribution in [3.05, 3.63) is 47.0 Å². The summed E-state index contributed by atoms with van der Waals surface area (Å²) in [5.41, 5.74) is 1.88. The molecule has 0 amide bonds. The van der Waals surface area contributed by atoms with E-state index in [1.807, 2.05) is 13.2 Å². The summed E-state index contributed by atoms with van der Waals surface area (Å²) in [6.07, 6.45) is 4.63. The Morgan fingerprint density at radius 2 is 2.29 bits per heavy atom. The average Bonchev–Trinajstić information content (AvgIpc) is 2.79. The number of rotatable bonds is 4. The highest BCUT2D eigenvalue weighted by Gasteiger charge is 2.04. The van der Waals surface area contributed by atoms with E-state index < -0.39 is 5.82 Å². The molecule has 5 heteroatoms. The molecule has 0 fully saturated rings. The molecule has 0 aliphatic heterocycles. The lowest BCUT2D eigenvalue weighted by molar-refractivity contribution is 0.627. The molecule has 0 saturated carbocycles. The van der Waals surface area contributed by atoms with E-state index in [0.717, 1.165) is 24.2 Å². The van der Waals surface area contributed by atoms with Crippen molar-refractivity contribution in [1.82, 2.24) is 15.1 Å². The summed E-state index contributed by atoms with van der Waals surface area (Å²) in [6, 6.07) is 4.55. The van der Waals surface area contributed by atoms with Crippen LogP contribution in [0.1, 0.15) is 5.56 Å². The maximum Gasteiger partial charge on any atom is 0.141 e. The minimum absolute atomic E-state index is 0.106. The van der Waals surface area contributed by atoms with Crippen molar-refractivity contribution in [2.45, 2.75) is 6.42 Å². The van der Waals surface area contributed by atoms with E-state index >= 15 is 0 Å². The normalized spacial score (nSPS) is 10.8. The van der Waals surface area contributed by atoms with Gasteiger partial charge in [-0.3, -0.25) is 0 Å². The standard InChI is InChI=1S/C12H13ClFN3/c1-15-5-4-9-7-16-17(8-9)10-2-3-12(14)11(13)6-10/h2-3,6-8,15H,4-5H2,1H3. The predicted molar refractivity (Wildman–Crippen MR) is 66.2 cm³/mol. The van der Waals surface area contributed by atoms with Crippen molar-refractivity contribution in [1.29, 1.82) is 0 Å². The Labute approximate surface area is 104 Å². The van der Waals surface area contributed by atoms with E-state index in [0.29, 0.717) is 0 Å². The van der Waals surface area contributed by atoms with E-state index in [4.69, 9.17) is 11.6 Å². The fourth-order valence-corrected chi connectivity index (χ4v) is 1.70. The molecule has 1 N–H and O–H groups in total. The molecule has 1 aromatic carbocycles. The van der Waals surface area contributed by atoms with Gasteiger partial charge in [-0.1, -0.05) is 11.6 Å². The molecule has 0 bridgehead atoms. The van der Waals surface area contributed by atoms with Gasteiger partial charge >= 0.3 is 0 Å². The number of nitrogens with zero attached hydrogens (tertiary/aromatic N) is 2. The second-order valence-electron chi connectivity index (χ2n) is 3.75. The minimum atomic E-state index is -0.419. The number of likely N-dealkylation sites (N-methyl/N-ethyl adjacent to an activating group) is 1. The molecule has 1 heterocycles. The summed E-state index contributed by atoms with van der Waals surface area (Å²) < 4.78 is 14.7. The van der Waals surface area contributed by atoms with Gasteiger partial charge in [0.2, 0.25) is 0 Å². The molecule has 0 aliphatic carbocycles. The average molecular weight is 254 g/mol. The van der Waals surface area contributed by atoms with Gasteiger partial charge in [0.1, 0.15) is 5.82 Å². The van der Waals surface area contributed by atoms with Gasteiger partial charge in [-0.05, 0) is 43.8 Å². The summed E-state index contributed by atoms with van der Waals surface area (Å²) >= 11 is 5.73. The van der Waals surface area contributed by atoms with E-state index in [1.165, 1.54) is 6.07 Å². The molecule has 0 spiro atoms. The molecular weight excluding hydrogens is 241 g/mol. The molecule has 2 rings (SSSR count). The summed E-state index contributed by atoms with van der Waals surface area (Å²) in [5, 5.41) is 7.40. The van der Waals surface area contributed by atoms with Crippen LogP contribution in [0.2, 0.25) is 5.02 Å². The third-order valence-electron chi connectivity index (χ3n) is 2.47. The number of nitrogens with one attached hydrogen (secondary N) is 1. The zero-order valence-electron chi connectivity index (χ0n) is 9.45. The third-order valence-corrected chi connectivity index (χ3v) is 2.76. The van der Waals surface area contributed by atoms with Crippen LogP contribution in [0, 0.1) is 5.82 Å². The third kappa shape index (κ3) is 2.84. The summed E-state index contributed by atoms with van der Waals surface area (Å²) in [4.78, 5) is 0. The minimum Gasteiger partial charge on any atom is -0.319 e. The lowest BCUT2D eigenvalue weighted by Crippen LogP contribution is -2.09. The van der Waals surface area contributed by atoms with Gasteiger partial charge in [0.15, 0.2) is 0 Å². The van der Waals surface area contributed by atoms with Crippen LogP contribution < -0.4 is 5.32 Å². The first-order valence-corrected chi connectivity index (χ1v) is 5.72. The Hall–Kier alpha value is -1.39. The molecule has 90 valence electrons. The number of halogens is 2. The number of hydrogen-bond acceptors (Lipinski definition) is 2. The van der Waals surface area contributed by atoms with Gasteiger partial charge in [0.05, 0.1) is 16.9 Å². The van der Waals surface area contributed by atoms with Crippen molar-refractivity contribution in [3.8, 4) is 5.69 Å². The molecule has 1 aromatic heterocycles. The molecule has 2 aromatic rings. The van der Waals surface area contributed by atoms with Crippen molar-refractivity contribution < 1.29 is 4.39 Å². The molecule has 0 saturated heterocycles. The molecule has 0 atom stereocenters. The highest BCUT2D eigenvalue weighted by Crippen LogP contribution is 2.18. The van der Waals surface area contributed by atoms with Crippen LogP contribution in [0.4, 0.5) is 4.39 Å². The molecular formula is C12H13ClFN3. The zero-order valence-corrected chi connectivity index (χ0v) is 10.2. The summed E-state index contributed by atoms with van der Waals surface area (Å²) in [6.45, 7) is 0.899. The van der Waals surface area contributed by atoms with Crippen LogP contribution >= 0.6 is 11.6 Å². The zero-order chi connectivity index (χ0) is 12.3. The van der Waals surface area contributed by atoms with E-state index in [-0.39, 0.29) is 5.02 Å². The van der Waals surface area contributed by atoms with Crippen LogP contribution in [-0.4, -0.2) is 23.4 Å². The fourth-order valence-electron chi connectivity index (χ4n) is 1.53. The second-order valence-corrected chi connectivity index (χ2v) is 4.15. The molecule has 0 radical (unpaired) electrons. The SMILES string of the molecule is CNCCc1cnn(-c2ccc(F)c(Cl)c2)c1. The number of benzene rings is 1. The Morgan fingerprint density at radius 3 is 3.00 bits per heavy atom. The monoisotopic (exact) mass is 253 g/mol. The molecule has 17 heavy (non-hydrogen) atoms. The van der Waals surface area contributed by atoms with Gasteiger partial charge in [-0.15, -0.1) is 0 Å². The molecule has 3 nitrogen and oxygen atoms in total. The molecule has 0 aliphatic rings. The van der Waals surface area contributed by atoms with Gasteiger partial charge in [-0.2, -0.15) is 5.10 Å².